The Bertz CT molecular complexity index is 439. The molecule has 2 fully saturated rings. The van der Waals surface area contributed by atoms with E-state index < -0.39 is 0 Å². The molecule has 116 valence electrons. The molecule has 0 bridgehead atoms. The van der Waals surface area contributed by atoms with E-state index in [0.717, 1.165) is 31.7 Å². The Kier molecular flexibility index (Phi) is 5.15. The minimum absolute atomic E-state index is 0.371. The van der Waals surface area contributed by atoms with Gasteiger partial charge in [0.25, 0.3) is 0 Å². The first-order chi connectivity index (χ1) is 10.3. The number of ether oxygens (including phenoxy) is 2. The highest BCUT2D eigenvalue weighted by atomic mass is 16.5. The third-order valence-corrected chi connectivity index (χ3v) is 4.25. The molecule has 2 unspecified atom stereocenters. The van der Waals surface area contributed by atoms with Crippen LogP contribution >= 0.6 is 0 Å². The summed E-state index contributed by atoms with van der Waals surface area (Å²) < 4.78 is 11.7. The van der Waals surface area contributed by atoms with E-state index in [-0.39, 0.29) is 0 Å². The zero-order chi connectivity index (χ0) is 14.5. The number of benzene rings is 1. The predicted octanol–water partition coefficient (Wildman–Crippen LogP) is 3.84. The van der Waals surface area contributed by atoms with Gasteiger partial charge in [0.1, 0.15) is 5.75 Å². The van der Waals surface area contributed by atoms with Gasteiger partial charge < -0.3 is 14.8 Å². The van der Waals surface area contributed by atoms with Crippen molar-refractivity contribution in [3.63, 3.8) is 0 Å². The predicted molar refractivity (Wildman–Crippen MR) is 84.7 cm³/mol. The van der Waals surface area contributed by atoms with Crippen LogP contribution in [-0.4, -0.2) is 25.4 Å². The average molecular weight is 289 g/mol. The van der Waals surface area contributed by atoms with Crippen LogP contribution in [0.4, 0.5) is 0 Å². The van der Waals surface area contributed by atoms with Gasteiger partial charge in [0.15, 0.2) is 0 Å². The van der Waals surface area contributed by atoms with Gasteiger partial charge in [0, 0.05) is 12.6 Å². The molecule has 0 radical (unpaired) electrons. The van der Waals surface area contributed by atoms with Crippen molar-refractivity contribution in [1.29, 1.82) is 0 Å². The fourth-order valence-corrected chi connectivity index (χ4v) is 2.93. The molecule has 1 saturated carbocycles. The van der Waals surface area contributed by atoms with Crippen molar-refractivity contribution in [3.8, 4) is 5.75 Å². The molecule has 1 heterocycles. The van der Waals surface area contributed by atoms with Gasteiger partial charge in [0.05, 0.1) is 12.2 Å². The molecule has 0 aromatic heterocycles. The van der Waals surface area contributed by atoms with Crippen LogP contribution < -0.4 is 10.1 Å². The van der Waals surface area contributed by atoms with E-state index in [4.69, 9.17) is 9.47 Å². The third-order valence-electron chi connectivity index (χ3n) is 4.25. The van der Waals surface area contributed by atoms with E-state index in [1.807, 2.05) is 0 Å². The molecular formula is C18H27NO2. The molecule has 3 rings (SSSR count). The number of rotatable bonds is 8. The molecular weight excluding hydrogens is 262 g/mol. The molecule has 2 aliphatic rings. The Morgan fingerprint density at radius 3 is 2.95 bits per heavy atom. The molecule has 0 spiro atoms. The minimum atomic E-state index is 0.371. The Labute approximate surface area is 128 Å². The molecule has 1 aliphatic heterocycles. The Hall–Kier alpha value is -1.06. The number of hydrogen-bond acceptors (Lipinski definition) is 3. The lowest BCUT2D eigenvalue weighted by atomic mass is 9.99. The second kappa shape index (κ2) is 7.28. The molecule has 21 heavy (non-hydrogen) atoms. The van der Waals surface area contributed by atoms with Gasteiger partial charge in [-0.1, -0.05) is 19.1 Å². The van der Waals surface area contributed by atoms with E-state index in [1.54, 1.807) is 0 Å². The van der Waals surface area contributed by atoms with E-state index in [0.29, 0.717) is 18.2 Å². The summed E-state index contributed by atoms with van der Waals surface area (Å²) in [6.07, 6.45) is 7.90. The Morgan fingerprint density at radius 1 is 1.33 bits per heavy atom. The highest BCUT2D eigenvalue weighted by Crippen LogP contribution is 2.30. The van der Waals surface area contributed by atoms with Crippen LogP contribution in [0.15, 0.2) is 24.3 Å². The molecule has 1 aromatic carbocycles. The average Bonchev–Trinajstić information content (AvgIpc) is 3.16. The highest BCUT2D eigenvalue weighted by Gasteiger charge is 2.25. The summed E-state index contributed by atoms with van der Waals surface area (Å²) in [6, 6.07) is 8.98. The first-order valence-corrected chi connectivity index (χ1v) is 8.46. The lowest BCUT2D eigenvalue weighted by Crippen LogP contribution is -2.26. The Balaban J connectivity index is 1.67. The SMILES string of the molecule is CCCNC(CC1CCCO1)c1cccc(OC2CC2)c1. The van der Waals surface area contributed by atoms with Crippen LogP contribution in [-0.2, 0) is 4.74 Å². The van der Waals surface area contributed by atoms with Gasteiger partial charge in [0.2, 0.25) is 0 Å². The zero-order valence-corrected chi connectivity index (χ0v) is 13.0. The van der Waals surface area contributed by atoms with Crippen molar-refractivity contribution in [1.82, 2.24) is 5.32 Å². The van der Waals surface area contributed by atoms with Crippen LogP contribution in [0.2, 0.25) is 0 Å². The Morgan fingerprint density at radius 2 is 2.24 bits per heavy atom. The number of hydrogen-bond donors (Lipinski definition) is 1. The molecule has 2 atom stereocenters. The largest absolute Gasteiger partial charge is 0.490 e. The fourth-order valence-electron chi connectivity index (χ4n) is 2.93. The summed E-state index contributed by atoms with van der Waals surface area (Å²) in [4.78, 5) is 0. The van der Waals surface area contributed by atoms with Crippen LogP contribution in [0, 0.1) is 0 Å². The summed E-state index contributed by atoms with van der Waals surface area (Å²) in [5, 5.41) is 3.67. The van der Waals surface area contributed by atoms with Crippen LogP contribution in [0.25, 0.3) is 0 Å². The monoisotopic (exact) mass is 289 g/mol. The fraction of sp³-hybridized carbons (Fsp3) is 0.667. The smallest absolute Gasteiger partial charge is 0.120 e. The second-order valence-corrected chi connectivity index (χ2v) is 6.27. The topological polar surface area (TPSA) is 30.5 Å². The van der Waals surface area contributed by atoms with Crippen molar-refractivity contribution < 1.29 is 9.47 Å². The first-order valence-electron chi connectivity index (χ1n) is 8.46. The van der Waals surface area contributed by atoms with Gasteiger partial charge in [-0.2, -0.15) is 0 Å². The normalized spacial score (nSPS) is 23.2. The maximum absolute atomic E-state index is 5.93. The van der Waals surface area contributed by atoms with Crippen molar-refractivity contribution in [2.24, 2.45) is 0 Å². The standard InChI is InChI=1S/C18H27NO2/c1-2-10-19-18(13-16-7-4-11-20-16)14-5-3-6-17(12-14)21-15-8-9-15/h3,5-6,12,15-16,18-19H,2,4,7-11,13H2,1H3. The molecule has 1 aromatic rings. The third kappa shape index (κ3) is 4.45. The van der Waals surface area contributed by atoms with Crippen molar-refractivity contribution in [2.75, 3.05) is 13.2 Å². The van der Waals surface area contributed by atoms with E-state index in [1.165, 1.54) is 31.2 Å². The van der Waals surface area contributed by atoms with Crippen molar-refractivity contribution in [3.05, 3.63) is 29.8 Å². The molecule has 1 saturated heterocycles. The molecule has 3 nitrogen and oxygen atoms in total. The van der Waals surface area contributed by atoms with E-state index in [2.05, 4.69) is 36.5 Å². The maximum atomic E-state index is 5.93. The van der Waals surface area contributed by atoms with Gasteiger partial charge >= 0.3 is 0 Å². The van der Waals surface area contributed by atoms with E-state index >= 15 is 0 Å². The number of nitrogens with one attached hydrogen (secondary N) is 1. The zero-order valence-electron chi connectivity index (χ0n) is 13.0. The minimum Gasteiger partial charge on any atom is -0.490 e. The van der Waals surface area contributed by atoms with Crippen LogP contribution in [0.1, 0.15) is 57.1 Å². The highest BCUT2D eigenvalue weighted by molar-refractivity contribution is 5.31. The summed E-state index contributed by atoms with van der Waals surface area (Å²) in [6.45, 7) is 4.18. The van der Waals surface area contributed by atoms with Crippen molar-refractivity contribution in [2.45, 2.75) is 63.7 Å². The van der Waals surface area contributed by atoms with Gasteiger partial charge in [-0.05, 0) is 62.8 Å². The lowest BCUT2D eigenvalue weighted by Gasteiger charge is -2.22. The van der Waals surface area contributed by atoms with Gasteiger partial charge in [-0.25, -0.2) is 0 Å². The van der Waals surface area contributed by atoms with Gasteiger partial charge in [-0.3, -0.25) is 0 Å². The van der Waals surface area contributed by atoms with Gasteiger partial charge in [-0.15, -0.1) is 0 Å². The van der Waals surface area contributed by atoms with Crippen LogP contribution in [0.5, 0.6) is 5.75 Å². The molecule has 1 aliphatic carbocycles. The first kappa shape index (κ1) is 14.9. The summed E-state index contributed by atoms with van der Waals surface area (Å²) in [5.41, 5.74) is 1.33. The summed E-state index contributed by atoms with van der Waals surface area (Å²) >= 11 is 0. The maximum Gasteiger partial charge on any atom is 0.120 e. The molecule has 0 amide bonds. The second-order valence-electron chi connectivity index (χ2n) is 6.27. The molecule has 3 heteroatoms. The summed E-state index contributed by atoms with van der Waals surface area (Å²) in [5.74, 6) is 1.02. The molecule has 1 N–H and O–H groups in total. The quantitative estimate of drug-likeness (QED) is 0.789. The summed E-state index contributed by atoms with van der Waals surface area (Å²) in [7, 11) is 0. The van der Waals surface area contributed by atoms with E-state index in [9.17, 15) is 0 Å². The van der Waals surface area contributed by atoms with Crippen LogP contribution in [0.3, 0.4) is 0 Å². The van der Waals surface area contributed by atoms with Crippen molar-refractivity contribution >= 4 is 0 Å². The lowest BCUT2D eigenvalue weighted by molar-refractivity contribution is 0.0945.